The number of hydrogen-bond acceptors (Lipinski definition) is 3. The fourth-order valence-corrected chi connectivity index (χ4v) is 3.85. The molecule has 0 radical (unpaired) electrons. The third-order valence-corrected chi connectivity index (χ3v) is 5.44. The average Bonchev–Trinajstić information content (AvgIpc) is 3.04. The molecule has 6 heteroatoms. The molecule has 0 aromatic heterocycles. The molecule has 1 amide bonds. The zero-order valence-electron chi connectivity index (χ0n) is 15.5. The van der Waals surface area contributed by atoms with Gasteiger partial charge in [-0.3, -0.25) is 9.79 Å². The van der Waals surface area contributed by atoms with Crippen LogP contribution in [0.5, 0.6) is 0 Å². The van der Waals surface area contributed by atoms with Crippen LogP contribution in [0.4, 0.5) is 5.69 Å². The minimum Gasteiger partial charge on any atom is -0.357 e. The largest absolute Gasteiger partial charge is 0.357 e. The van der Waals surface area contributed by atoms with Crippen LogP contribution in [0.15, 0.2) is 29.3 Å². The Bertz CT molecular complexity index is 573. The number of carbonyl (C=O) groups excluding carboxylic acids is 1. The van der Waals surface area contributed by atoms with E-state index < -0.39 is 0 Å². The molecule has 0 spiro atoms. The molecule has 1 aliphatic carbocycles. The summed E-state index contributed by atoms with van der Waals surface area (Å²) in [7, 11) is 0. The van der Waals surface area contributed by atoms with E-state index in [0.29, 0.717) is 6.04 Å². The number of carbonyl (C=O) groups is 1. The molecule has 1 saturated carbocycles. The summed E-state index contributed by atoms with van der Waals surface area (Å²) in [6.07, 6.45) is 6.81. The van der Waals surface area contributed by atoms with Gasteiger partial charge in [-0.25, -0.2) is 0 Å². The first-order valence-electron chi connectivity index (χ1n) is 9.05. The van der Waals surface area contributed by atoms with E-state index in [4.69, 9.17) is 4.99 Å². The summed E-state index contributed by atoms with van der Waals surface area (Å²) in [5.74, 6) is 0.874. The second kappa shape index (κ2) is 10.3. The van der Waals surface area contributed by atoms with Gasteiger partial charge in [0.05, 0.1) is 0 Å². The highest BCUT2D eigenvalue weighted by molar-refractivity contribution is 7.99. The first-order valence-corrected chi connectivity index (χ1v) is 10.3. The predicted molar refractivity (Wildman–Crippen MR) is 109 cm³/mol. The van der Waals surface area contributed by atoms with E-state index in [0.717, 1.165) is 36.4 Å². The van der Waals surface area contributed by atoms with Crippen molar-refractivity contribution in [3.05, 3.63) is 29.8 Å². The summed E-state index contributed by atoms with van der Waals surface area (Å²) < 4.78 is 0. The Morgan fingerprint density at radius 3 is 2.64 bits per heavy atom. The number of aliphatic imine (C=N–C) groups is 1. The quantitative estimate of drug-likeness (QED) is 0.515. The number of thioether (sulfide) groups is 1. The van der Waals surface area contributed by atoms with Gasteiger partial charge < -0.3 is 16.0 Å². The third kappa shape index (κ3) is 6.98. The number of amides is 1. The van der Waals surface area contributed by atoms with Gasteiger partial charge in [0.2, 0.25) is 5.91 Å². The van der Waals surface area contributed by atoms with Crippen LogP contribution in [0.3, 0.4) is 0 Å². The van der Waals surface area contributed by atoms with Crippen LogP contribution in [-0.4, -0.2) is 42.5 Å². The Morgan fingerprint density at radius 2 is 2.04 bits per heavy atom. The van der Waals surface area contributed by atoms with Gasteiger partial charge in [-0.15, -0.1) is 0 Å². The van der Waals surface area contributed by atoms with Crippen LogP contribution in [0.2, 0.25) is 0 Å². The van der Waals surface area contributed by atoms with Gasteiger partial charge in [-0.05, 0) is 56.6 Å². The van der Waals surface area contributed by atoms with Crippen LogP contribution >= 0.6 is 11.8 Å². The molecule has 2 unspecified atom stereocenters. The molecule has 138 valence electrons. The zero-order valence-corrected chi connectivity index (χ0v) is 16.3. The molecule has 1 fully saturated rings. The van der Waals surface area contributed by atoms with E-state index in [1.165, 1.54) is 31.7 Å². The monoisotopic (exact) mass is 362 g/mol. The van der Waals surface area contributed by atoms with Crippen molar-refractivity contribution in [1.29, 1.82) is 0 Å². The van der Waals surface area contributed by atoms with Gasteiger partial charge in [0.25, 0.3) is 0 Å². The normalized spacial score (nSPS) is 20.4. The van der Waals surface area contributed by atoms with Crippen molar-refractivity contribution in [3.8, 4) is 0 Å². The van der Waals surface area contributed by atoms with Crippen LogP contribution in [0.25, 0.3) is 0 Å². The lowest BCUT2D eigenvalue weighted by atomic mass is 10.1. The number of nitrogens with zero attached hydrogens (tertiary/aromatic N) is 1. The number of anilines is 1. The third-order valence-electron chi connectivity index (χ3n) is 4.35. The van der Waals surface area contributed by atoms with Crippen molar-refractivity contribution in [2.75, 3.05) is 24.7 Å². The van der Waals surface area contributed by atoms with Crippen molar-refractivity contribution < 1.29 is 4.79 Å². The number of rotatable bonds is 7. The van der Waals surface area contributed by atoms with Gasteiger partial charge >= 0.3 is 0 Å². The summed E-state index contributed by atoms with van der Waals surface area (Å²) in [5, 5.41) is 10.5. The summed E-state index contributed by atoms with van der Waals surface area (Å²) in [4.78, 5) is 15.8. The highest BCUT2D eigenvalue weighted by Gasteiger charge is 2.24. The molecule has 2 atom stereocenters. The van der Waals surface area contributed by atoms with Crippen LogP contribution < -0.4 is 16.0 Å². The Hall–Kier alpha value is -1.69. The Balaban J connectivity index is 1.83. The van der Waals surface area contributed by atoms with Crippen LogP contribution in [0, 0.1) is 0 Å². The Morgan fingerprint density at radius 1 is 1.28 bits per heavy atom. The van der Waals surface area contributed by atoms with E-state index in [-0.39, 0.29) is 5.91 Å². The molecular weight excluding hydrogens is 332 g/mol. The lowest BCUT2D eigenvalue weighted by Gasteiger charge is -2.17. The lowest BCUT2D eigenvalue weighted by Crippen LogP contribution is -2.42. The number of hydrogen-bond donors (Lipinski definition) is 3. The average molecular weight is 363 g/mol. The summed E-state index contributed by atoms with van der Waals surface area (Å²) in [5.41, 5.74) is 2.05. The van der Waals surface area contributed by atoms with Crippen molar-refractivity contribution in [3.63, 3.8) is 0 Å². The number of guanidine groups is 1. The van der Waals surface area contributed by atoms with Gasteiger partial charge in [0, 0.05) is 37.0 Å². The van der Waals surface area contributed by atoms with Crippen molar-refractivity contribution >= 4 is 29.3 Å². The molecule has 2 rings (SSSR count). The SMILES string of the molecule is CCNC(=NCCc1ccc(NC(C)=O)cc1)NC1CCC(SC)C1. The van der Waals surface area contributed by atoms with Crippen molar-refractivity contribution in [2.24, 2.45) is 4.99 Å². The smallest absolute Gasteiger partial charge is 0.221 e. The highest BCUT2D eigenvalue weighted by Crippen LogP contribution is 2.28. The Labute approximate surface area is 155 Å². The van der Waals surface area contributed by atoms with E-state index in [1.807, 2.05) is 36.0 Å². The minimum absolute atomic E-state index is 0.0469. The molecule has 3 N–H and O–H groups in total. The van der Waals surface area contributed by atoms with Gasteiger partial charge in [-0.2, -0.15) is 11.8 Å². The summed E-state index contributed by atoms with van der Waals surface area (Å²) >= 11 is 1.97. The predicted octanol–water partition coefficient (Wildman–Crippen LogP) is 3.03. The summed E-state index contributed by atoms with van der Waals surface area (Å²) in [6.45, 7) is 5.23. The van der Waals surface area contributed by atoms with Gasteiger partial charge in [0.15, 0.2) is 5.96 Å². The van der Waals surface area contributed by atoms with Crippen molar-refractivity contribution in [2.45, 2.75) is 50.8 Å². The molecular formula is C19H30N4OS. The Kier molecular flexibility index (Phi) is 8.12. The molecule has 25 heavy (non-hydrogen) atoms. The molecule has 1 aromatic carbocycles. The topological polar surface area (TPSA) is 65.5 Å². The second-order valence-electron chi connectivity index (χ2n) is 6.40. The second-order valence-corrected chi connectivity index (χ2v) is 7.54. The van der Waals surface area contributed by atoms with Gasteiger partial charge in [0.1, 0.15) is 0 Å². The molecule has 1 aromatic rings. The lowest BCUT2D eigenvalue weighted by molar-refractivity contribution is -0.114. The molecule has 0 heterocycles. The highest BCUT2D eigenvalue weighted by atomic mass is 32.2. The van der Waals surface area contributed by atoms with Gasteiger partial charge in [-0.1, -0.05) is 12.1 Å². The maximum absolute atomic E-state index is 11.0. The van der Waals surface area contributed by atoms with Crippen LogP contribution in [0.1, 0.15) is 38.7 Å². The zero-order chi connectivity index (χ0) is 18.1. The standard InChI is InChI=1S/C19H30N4OS/c1-4-20-19(23-17-9-10-18(13-17)25-3)21-12-11-15-5-7-16(8-6-15)22-14(2)24/h5-8,17-18H,4,9-13H2,1-3H3,(H,22,24)(H2,20,21,23). The minimum atomic E-state index is -0.0469. The van der Waals surface area contributed by atoms with Crippen molar-refractivity contribution in [1.82, 2.24) is 10.6 Å². The maximum atomic E-state index is 11.0. The van der Waals surface area contributed by atoms with E-state index in [9.17, 15) is 4.79 Å². The summed E-state index contributed by atoms with van der Waals surface area (Å²) in [6, 6.07) is 8.49. The fourth-order valence-electron chi connectivity index (χ4n) is 3.05. The van der Waals surface area contributed by atoms with E-state index >= 15 is 0 Å². The van der Waals surface area contributed by atoms with E-state index in [1.54, 1.807) is 0 Å². The first-order chi connectivity index (χ1) is 12.1. The molecule has 0 bridgehead atoms. The molecule has 0 aliphatic heterocycles. The number of nitrogens with one attached hydrogen (secondary N) is 3. The van der Waals surface area contributed by atoms with Crippen LogP contribution in [-0.2, 0) is 11.2 Å². The first kappa shape index (κ1) is 19.6. The number of benzene rings is 1. The molecule has 1 aliphatic rings. The maximum Gasteiger partial charge on any atom is 0.221 e. The fraction of sp³-hybridized carbons (Fsp3) is 0.579. The molecule has 0 saturated heterocycles. The molecule has 5 nitrogen and oxygen atoms in total. The van der Waals surface area contributed by atoms with E-state index in [2.05, 4.69) is 29.1 Å².